The molecule has 2 aromatic carbocycles. The second kappa shape index (κ2) is 8.45. The summed E-state index contributed by atoms with van der Waals surface area (Å²) in [5.74, 6) is -0.0792. The van der Waals surface area contributed by atoms with E-state index in [4.69, 9.17) is 0 Å². The number of carbonyl (C=O) groups is 1. The fourth-order valence-corrected chi connectivity index (χ4v) is 3.60. The van der Waals surface area contributed by atoms with Crippen LogP contribution in [0.4, 0.5) is 24.5 Å². The minimum atomic E-state index is -4.35. The van der Waals surface area contributed by atoms with Crippen LogP contribution in [-0.2, 0) is 11.0 Å². The van der Waals surface area contributed by atoms with Crippen molar-refractivity contribution >= 4 is 17.3 Å². The van der Waals surface area contributed by atoms with Gasteiger partial charge in [-0.25, -0.2) is 0 Å². The van der Waals surface area contributed by atoms with Crippen LogP contribution in [0.15, 0.2) is 42.5 Å². The maximum atomic E-state index is 13.0. The van der Waals surface area contributed by atoms with Gasteiger partial charge in [0.15, 0.2) is 0 Å². The van der Waals surface area contributed by atoms with Gasteiger partial charge in [-0.15, -0.1) is 0 Å². The molecule has 1 atom stereocenters. The lowest BCUT2D eigenvalue weighted by atomic mass is 10.1. The van der Waals surface area contributed by atoms with Gasteiger partial charge in [0.05, 0.1) is 11.6 Å². The van der Waals surface area contributed by atoms with Gasteiger partial charge in [-0.3, -0.25) is 9.69 Å². The molecule has 0 aromatic heterocycles. The maximum Gasteiger partial charge on any atom is 0.416 e. The van der Waals surface area contributed by atoms with Crippen molar-refractivity contribution in [2.75, 3.05) is 36.4 Å². The standard InChI is InChI=1S/C22H26F3N3O/c1-15-7-8-20(16(2)13-15)26-21(29)17(3)27-9-11-28(12-10-27)19-6-4-5-18(14-19)22(23,24)25/h4-8,13-14,17H,9-12H2,1-3H3,(H,26,29)/t17-/m1/s1. The fourth-order valence-electron chi connectivity index (χ4n) is 3.60. The fraction of sp³-hybridized carbons (Fsp3) is 0.409. The summed E-state index contributed by atoms with van der Waals surface area (Å²) in [5, 5.41) is 2.98. The minimum Gasteiger partial charge on any atom is -0.369 e. The van der Waals surface area contributed by atoms with Crippen LogP contribution < -0.4 is 10.2 Å². The van der Waals surface area contributed by atoms with Crippen LogP contribution in [-0.4, -0.2) is 43.0 Å². The molecule has 1 aliphatic rings. The van der Waals surface area contributed by atoms with E-state index in [-0.39, 0.29) is 11.9 Å². The molecule has 0 radical (unpaired) electrons. The zero-order valence-corrected chi connectivity index (χ0v) is 16.9. The summed E-state index contributed by atoms with van der Waals surface area (Å²) >= 11 is 0. The molecule has 1 heterocycles. The zero-order valence-electron chi connectivity index (χ0n) is 16.9. The third-order valence-electron chi connectivity index (χ3n) is 5.42. The smallest absolute Gasteiger partial charge is 0.369 e. The Balaban J connectivity index is 1.59. The molecule has 1 amide bonds. The van der Waals surface area contributed by atoms with E-state index < -0.39 is 11.7 Å². The Morgan fingerprint density at radius 2 is 1.72 bits per heavy atom. The van der Waals surface area contributed by atoms with Crippen LogP contribution in [0.2, 0.25) is 0 Å². The van der Waals surface area contributed by atoms with Gasteiger partial charge in [0.2, 0.25) is 5.91 Å². The van der Waals surface area contributed by atoms with Crippen LogP contribution in [0.5, 0.6) is 0 Å². The lowest BCUT2D eigenvalue weighted by Gasteiger charge is -2.38. The van der Waals surface area contributed by atoms with Gasteiger partial charge in [0, 0.05) is 37.6 Å². The molecular formula is C22H26F3N3O. The molecule has 1 aliphatic heterocycles. The number of amides is 1. The van der Waals surface area contributed by atoms with Crippen molar-refractivity contribution < 1.29 is 18.0 Å². The van der Waals surface area contributed by atoms with E-state index >= 15 is 0 Å². The van der Waals surface area contributed by atoms with Gasteiger partial charge >= 0.3 is 6.18 Å². The molecule has 1 fully saturated rings. The summed E-state index contributed by atoms with van der Waals surface area (Å²) in [5.41, 5.74) is 2.87. The Labute approximate surface area is 169 Å². The topological polar surface area (TPSA) is 35.6 Å². The summed E-state index contributed by atoms with van der Waals surface area (Å²) < 4.78 is 38.9. The van der Waals surface area contributed by atoms with E-state index in [1.807, 2.05) is 43.9 Å². The van der Waals surface area contributed by atoms with Crippen molar-refractivity contribution in [3.8, 4) is 0 Å². The number of hydrogen-bond donors (Lipinski definition) is 1. The Morgan fingerprint density at radius 1 is 1.03 bits per heavy atom. The molecule has 1 saturated heterocycles. The normalized spacial score (nSPS) is 16.6. The number of nitrogens with zero attached hydrogens (tertiary/aromatic N) is 2. The van der Waals surface area contributed by atoms with Crippen LogP contribution >= 0.6 is 0 Å². The van der Waals surface area contributed by atoms with Crippen LogP contribution in [0, 0.1) is 13.8 Å². The summed E-state index contributed by atoms with van der Waals surface area (Å²) in [4.78, 5) is 16.7. The number of piperazine rings is 1. The predicted octanol–water partition coefficient (Wildman–Crippen LogP) is 4.47. The highest BCUT2D eigenvalue weighted by Crippen LogP contribution is 2.32. The Morgan fingerprint density at radius 3 is 2.34 bits per heavy atom. The van der Waals surface area contributed by atoms with Gasteiger partial charge < -0.3 is 10.2 Å². The molecule has 0 aliphatic carbocycles. The van der Waals surface area contributed by atoms with E-state index in [0.717, 1.165) is 22.9 Å². The van der Waals surface area contributed by atoms with E-state index in [0.29, 0.717) is 31.9 Å². The molecule has 4 nitrogen and oxygen atoms in total. The number of aryl methyl sites for hydroxylation is 2. The molecule has 1 N–H and O–H groups in total. The predicted molar refractivity (Wildman–Crippen MR) is 109 cm³/mol. The van der Waals surface area contributed by atoms with Gasteiger partial charge in [-0.1, -0.05) is 23.8 Å². The SMILES string of the molecule is Cc1ccc(NC(=O)[C@@H](C)N2CCN(c3cccc(C(F)(F)F)c3)CC2)c(C)c1. The second-order valence-corrected chi connectivity index (χ2v) is 7.55. The molecule has 29 heavy (non-hydrogen) atoms. The number of rotatable bonds is 4. The number of anilines is 2. The van der Waals surface area contributed by atoms with E-state index in [1.54, 1.807) is 6.07 Å². The first-order valence-corrected chi connectivity index (χ1v) is 9.69. The molecule has 156 valence electrons. The zero-order chi connectivity index (χ0) is 21.2. The third kappa shape index (κ3) is 5.09. The summed E-state index contributed by atoms with van der Waals surface area (Å²) in [6, 6.07) is 11.0. The van der Waals surface area contributed by atoms with Crippen LogP contribution in [0.1, 0.15) is 23.6 Å². The van der Waals surface area contributed by atoms with Crippen molar-refractivity contribution in [2.45, 2.75) is 33.0 Å². The first-order valence-electron chi connectivity index (χ1n) is 9.69. The van der Waals surface area contributed by atoms with Crippen LogP contribution in [0.25, 0.3) is 0 Å². The summed E-state index contributed by atoms with van der Waals surface area (Å²) in [6.45, 7) is 8.19. The van der Waals surface area contributed by atoms with Crippen LogP contribution in [0.3, 0.4) is 0 Å². The number of alkyl halides is 3. The highest BCUT2D eigenvalue weighted by Gasteiger charge is 2.31. The first kappa shape index (κ1) is 21.2. The molecule has 0 spiro atoms. The Hall–Kier alpha value is -2.54. The highest BCUT2D eigenvalue weighted by atomic mass is 19.4. The largest absolute Gasteiger partial charge is 0.416 e. The lowest BCUT2D eigenvalue weighted by Crippen LogP contribution is -2.52. The van der Waals surface area contributed by atoms with E-state index in [2.05, 4.69) is 10.2 Å². The van der Waals surface area contributed by atoms with Gasteiger partial charge in [-0.2, -0.15) is 13.2 Å². The number of benzene rings is 2. The average molecular weight is 405 g/mol. The van der Waals surface area contributed by atoms with Crippen molar-refractivity contribution in [2.24, 2.45) is 0 Å². The Kier molecular flexibility index (Phi) is 6.17. The van der Waals surface area contributed by atoms with E-state index in [1.165, 1.54) is 12.1 Å². The van der Waals surface area contributed by atoms with Crippen molar-refractivity contribution in [3.63, 3.8) is 0 Å². The molecule has 0 unspecified atom stereocenters. The van der Waals surface area contributed by atoms with E-state index in [9.17, 15) is 18.0 Å². The first-order chi connectivity index (χ1) is 13.6. The number of nitrogens with one attached hydrogen (secondary N) is 1. The van der Waals surface area contributed by atoms with Gasteiger partial charge in [0.1, 0.15) is 0 Å². The second-order valence-electron chi connectivity index (χ2n) is 7.55. The van der Waals surface area contributed by atoms with Crippen molar-refractivity contribution in [1.29, 1.82) is 0 Å². The molecule has 7 heteroatoms. The third-order valence-corrected chi connectivity index (χ3v) is 5.42. The number of hydrogen-bond acceptors (Lipinski definition) is 3. The van der Waals surface area contributed by atoms with Crippen molar-refractivity contribution in [3.05, 3.63) is 59.2 Å². The summed E-state index contributed by atoms with van der Waals surface area (Å²) in [7, 11) is 0. The summed E-state index contributed by atoms with van der Waals surface area (Å²) in [6.07, 6.45) is -4.35. The van der Waals surface area contributed by atoms with Crippen molar-refractivity contribution in [1.82, 2.24) is 4.90 Å². The molecule has 0 saturated carbocycles. The van der Waals surface area contributed by atoms with Gasteiger partial charge in [-0.05, 0) is 50.6 Å². The average Bonchev–Trinajstić information content (AvgIpc) is 2.69. The monoisotopic (exact) mass is 405 g/mol. The number of halogens is 3. The Bertz CT molecular complexity index is 874. The number of carbonyl (C=O) groups excluding carboxylic acids is 1. The maximum absolute atomic E-state index is 13.0. The van der Waals surface area contributed by atoms with Gasteiger partial charge in [0.25, 0.3) is 0 Å². The molecule has 3 rings (SSSR count). The minimum absolute atomic E-state index is 0.0792. The lowest BCUT2D eigenvalue weighted by molar-refractivity contribution is -0.137. The quantitative estimate of drug-likeness (QED) is 0.815. The molecular weight excluding hydrogens is 379 g/mol. The highest BCUT2D eigenvalue weighted by molar-refractivity contribution is 5.95. The molecule has 0 bridgehead atoms. The molecule has 2 aromatic rings.